The fourth-order valence-corrected chi connectivity index (χ4v) is 1.66. The fraction of sp³-hybridized carbons (Fsp3) is 0.583. The summed E-state index contributed by atoms with van der Waals surface area (Å²) in [5, 5.41) is 18.3. The van der Waals surface area contributed by atoms with Gasteiger partial charge in [-0.15, -0.1) is 0 Å². The van der Waals surface area contributed by atoms with E-state index in [9.17, 15) is 9.90 Å². The predicted molar refractivity (Wildman–Crippen MR) is 67.7 cm³/mol. The van der Waals surface area contributed by atoms with Crippen LogP contribution in [0.2, 0.25) is 0 Å². The third-order valence-electron chi connectivity index (χ3n) is 2.65. The van der Waals surface area contributed by atoms with E-state index in [1.165, 1.54) is 12.3 Å². The molecule has 0 aliphatic heterocycles. The summed E-state index contributed by atoms with van der Waals surface area (Å²) >= 11 is 0. The number of hydrogen-bond acceptors (Lipinski definition) is 5. The van der Waals surface area contributed by atoms with E-state index in [1.807, 2.05) is 11.9 Å². The molecule has 0 saturated carbocycles. The molecule has 0 atom stereocenters. The highest BCUT2D eigenvalue weighted by molar-refractivity contribution is 5.20. The van der Waals surface area contributed by atoms with Gasteiger partial charge in [-0.3, -0.25) is 9.69 Å². The van der Waals surface area contributed by atoms with Crippen LogP contribution in [0, 0.1) is 0 Å². The van der Waals surface area contributed by atoms with Crippen LogP contribution in [0.3, 0.4) is 0 Å². The number of rotatable bonds is 7. The Kier molecular flexibility index (Phi) is 5.84. The second-order valence-electron chi connectivity index (χ2n) is 4.16. The first-order valence-corrected chi connectivity index (χ1v) is 5.79. The van der Waals surface area contributed by atoms with Crippen molar-refractivity contribution in [1.29, 1.82) is 0 Å². The minimum Gasteiger partial charge on any atom is -0.503 e. The standard InChI is InChI=1S/C12H20N2O4/c1-13(3-5-15)8-10-7-11(16)12(17)9-14(10)4-6-18-2/h7,9,15,17H,3-6,8H2,1-2H3. The average Bonchev–Trinajstić information content (AvgIpc) is 2.32. The van der Waals surface area contributed by atoms with E-state index in [2.05, 4.69) is 0 Å². The number of aromatic hydroxyl groups is 1. The zero-order valence-corrected chi connectivity index (χ0v) is 10.8. The number of ether oxygens (including phenoxy) is 1. The molecule has 18 heavy (non-hydrogen) atoms. The highest BCUT2D eigenvalue weighted by Crippen LogP contribution is 2.07. The van der Waals surface area contributed by atoms with Gasteiger partial charge in [0.25, 0.3) is 0 Å². The van der Waals surface area contributed by atoms with Crippen LogP contribution < -0.4 is 5.43 Å². The van der Waals surface area contributed by atoms with Gasteiger partial charge in [-0.05, 0) is 7.05 Å². The summed E-state index contributed by atoms with van der Waals surface area (Å²) in [5.41, 5.74) is 0.391. The molecule has 0 aliphatic rings. The van der Waals surface area contributed by atoms with Crippen LogP contribution in [0.25, 0.3) is 0 Å². The van der Waals surface area contributed by atoms with Gasteiger partial charge in [0.2, 0.25) is 5.43 Å². The largest absolute Gasteiger partial charge is 0.503 e. The minimum atomic E-state index is -0.393. The summed E-state index contributed by atoms with van der Waals surface area (Å²) in [6, 6.07) is 1.42. The van der Waals surface area contributed by atoms with Crippen LogP contribution in [0.5, 0.6) is 5.75 Å². The van der Waals surface area contributed by atoms with Gasteiger partial charge in [-0.2, -0.15) is 0 Å². The van der Waals surface area contributed by atoms with E-state index < -0.39 is 5.43 Å². The van der Waals surface area contributed by atoms with Gasteiger partial charge in [0.05, 0.1) is 19.4 Å². The topological polar surface area (TPSA) is 74.9 Å². The Labute approximate surface area is 106 Å². The summed E-state index contributed by atoms with van der Waals surface area (Å²) in [4.78, 5) is 13.3. The molecule has 0 aliphatic carbocycles. The molecular weight excluding hydrogens is 236 g/mol. The van der Waals surface area contributed by atoms with E-state index in [0.717, 1.165) is 5.69 Å². The number of aliphatic hydroxyl groups excluding tert-OH is 1. The van der Waals surface area contributed by atoms with Gasteiger partial charge in [0.15, 0.2) is 5.75 Å². The van der Waals surface area contributed by atoms with Crippen molar-refractivity contribution in [3.63, 3.8) is 0 Å². The molecular formula is C12H20N2O4. The van der Waals surface area contributed by atoms with E-state index in [4.69, 9.17) is 9.84 Å². The predicted octanol–water partition coefficient (Wildman–Crippen LogP) is -0.376. The third-order valence-corrected chi connectivity index (χ3v) is 2.65. The zero-order chi connectivity index (χ0) is 13.5. The van der Waals surface area contributed by atoms with Gasteiger partial charge >= 0.3 is 0 Å². The van der Waals surface area contributed by atoms with Crippen molar-refractivity contribution in [2.75, 3.05) is 33.9 Å². The number of likely N-dealkylation sites (N-methyl/N-ethyl adjacent to an activating group) is 1. The molecule has 1 aromatic rings. The highest BCUT2D eigenvalue weighted by atomic mass is 16.5. The monoisotopic (exact) mass is 256 g/mol. The van der Waals surface area contributed by atoms with Gasteiger partial charge in [-0.1, -0.05) is 0 Å². The van der Waals surface area contributed by atoms with Gasteiger partial charge in [0, 0.05) is 38.5 Å². The lowest BCUT2D eigenvalue weighted by molar-refractivity contribution is 0.182. The Morgan fingerprint density at radius 2 is 2.22 bits per heavy atom. The third kappa shape index (κ3) is 4.14. The number of methoxy groups -OCH3 is 1. The first-order chi connectivity index (χ1) is 8.58. The van der Waals surface area contributed by atoms with Gasteiger partial charge in [-0.25, -0.2) is 0 Å². The van der Waals surface area contributed by atoms with Crippen molar-refractivity contribution < 1.29 is 14.9 Å². The first-order valence-electron chi connectivity index (χ1n) is 5.79. The minimum absolute atomic E-state index is 0.0664. The highest BCUT2D eigenvalue weighted by Gasteiger charge is 2.08. The quantitative estimate of drug-likeness (QED) is 0.696. The van der Waals surface area contributed by atoms with E-state index >= 15 is 0 Å². The van der Waals surface area contributed by atoms with E-state index in [-0.39, 0.29) is 12.4 Å². The Bertz CT molecular complexity index is 431. The molecule has 0 bridgehead atoms. The van der Waals surface area contributed by atoms with Crippen LogP contribution in [-0.4, -0.2) is 53.6 Å². The lowest BCUT2D eigenvalue weighted by Gasteiger charge is -2.19. The SMILES string of the molecule is COCCn1cc(O)c(=O)cc1CN(C)CCO. The second kappa shape index (κ2) is 7.15. The van der Waals surface area contributed by atoms with Crippen LogP contribution in [-0.2, 0) is 17.8 Å². The molecule has 1 rings (SSSR count). The normalized spacial score (nSPS) is 11.1. The summed E-state index contributed by atoms with van der Waals surface area (Å²) in [6.45, 7) is 2.18. The lowest BCUT2D eigenvalue weighted by atomic mass is 10.3. The average molecular weight is 256 g/mol. The van der Waals surface area contributed by atoms with Crippen molar-refractivity contribution in [3.8, 4) is 5.75 Å². The molecule has 1 aromatic heterocycles. The van der Waals surface area contributed by atoms with Crippen LogP contribution in [0.1, 0.15) is 5.69 Å². The van der Waals surface area contributed by atoms with E-state index in [1.54, 1.807) is 11.7 Å². The van der Waals surface area contributed by atoms with E-state index in [0.29, 0.717) is 26.2 Å². The van der Waals surface area contributed by atoms with Crippen LogP contribution in [0.15, 0.2) is 17.1 Å². The summed E-state index contributed by atoms with van der Waals surface area (Å²) in [6.07, 6.45) is 1.42. The van der Waals surface area contributed by atoms with Crippen molar-refractivity contribution in [2.24, 2.45) is 0 Å². The number of aromatic nitrogens is 1. The molecule has 102 valence electrons. The van der Waals surface area contributed by atoms with Gasteiger partial charge in [0.1, 0.15) is 0 Å². The second-order valence-corrected chi connectivity index (χ2v) is 4.16. The Morgan fingerprint density at radius 3 is 2.83 bits per heavy atom. The first kappa shape index (κ1) is 14.7. The Hall–Kier alpha value is -1.37. The molecule has 6 heteroatoms. The molecule has 0 amide bonds. The fourth-order valence-electron chi connectivity index (χ4n) is 1.66. The van der Waals surface area contributed by atoms with Crippen molar-refractivity contribution >= 4 is 0 Å². The summed E-state index contributed by atoms with van der Waals surface area (Å²) < 4.78 is 6.77. The molecule has 0 saturated heterocycles. The maximum Gasteiger partial charge on any atom is 0.223 e. The Morgan fingerprint density at radius 1 is 1.50 bits per heavy atom. The molecule has 2 N–H and O–H groups in total. The Balaban J connectivity index is 2.92. The maximum atomic E-state index is 11.4. The summed E-state index contributed by atoms with van der Waals surface area (Å²) in [7, 11) is 3.45. The van der Waals surface area contributed by atoms with Crippen LogP contribution >= 0.6 is 0 Å². The lowest BCUT2D eigenvalue weighted by Crippen LogP contribution is -2.25. The van der Waals surface area contributed by atoms with Crippen molar-refractivity contribution in [3.05, 3.63) is 28.2 Å². The maximum absolute atomic E-state index is 11.4. The molecule has 0 unspecified atom stereocenters. The molecule has 0 fully saturated rings. The molecule has 0 spiro atoms. The van der Waals surface area contributed by atoms with Gasteiger partial charge < -0.3 is 19.5 Å². The number of pyridine rings is 1. The summed E-state index contributed by atoms with van der Waals surface area (Å²) in [5.74, 6) is -0.264. The molecule has 0 radical (unpaired) electrons. The molecule has 1 heterocycles. The zero-order valence-electron chi connectivity index (χ0n) is 10.8. The molecule has 0 aromatic carbocycles. The van der Waals surface area contributed by atoms with Crippen LogP contribution in [0.4, 0.5) is 0 Å². The van der Waals surface area contributed by atoms with Crippen molar-refractivity contribution in [1.82, 2.24) is 9.47 Å². The molecule has 6 nitrogen and oxygen atoms in total. The van der Waals surface area contributed by atoms with Crippen molar-refractivity contribution in [2.45, 2.75) is 13.1 Å². The smallest absolute Gasteiger partial charge is 0.223 e. The number of hydrogen-bond donors (Lipinski definition) is 2. The number of nitrogens with zero attached hydrogens (tertiary/aromatic N) is 2. The number of aliphatic hydroxyl groups is 1.